The third-order valence-electron chi connectivity index (χ3n) is 8.90. The van der Waals surface area contributed by atoms with Crippen LogP contribution < -0.4 is 15.2 Å². The van der Waals surface area contributed by atoms with Crippen molar-refractivity contribution in [3.05, 3.63) is 92.9 Å². The number of alkyl halides is 2. The van der Waals surface area contributed by atoms with E-state index in [9.17, 15) is 27.6 Å². The van der Waals surface area contributed by atoms with Gasteiger partial charge in [-0.2, -0.15) is 0 Å². The second kappa shape index (κ2) is 10.2. The lowest BCUT2D eigenvalue weighted by molar-refractivity contribution is -0.00574. The van der Waals surface area contributed by atoms with Gasteiger partial charge < -0.3 is 19.1 Å². The summed E-state index contributed by atoms with van der Waals surface area (Å²) in [4.78, 5) is 40.9. The first-order valence-corrected chi connectivity index (χ1v) is 14.8. The van der Waals surface area contributed by atoms with E-state index in [1.54, 1.807) is 11.1 Å². The number of nitrogens with zero attached hydrogens (tertiary/aromatic N) is 3. The molecular formula is C30H25F4N3O6S. The molecule has 0 bridgehead atoms. The van der Waals surface area contributed by atoms with Crippen LogP contribution in [0, 0.1) is 17.0 Å². The van der Waals surface area contributed by atoms with Crippen molar-refractivity contribution in [3.63, 3.8) is 0 Å². The summed E-state index contributed by atoms with van der Waals surface area (Å²) in [5, 5.41) is 1.75. The van der Waals surface area contributed by atoms with Crippen LogP contribution in [0.2, 0.25) is 0 Å². The molecule has 4 aliphatic rings. The number of carbonyl (C=O) groups excluding carboxylic acids is 2. The Morgan fingerprint density at radius 2 is 1.86 bits per heavy atom. The molecular weight excluding hydrogens is 606 g/mol. The fourth-order valence-corrected chi connectivity index (χ4v) is 7.75. The molecule has 0 radical (unpaired) electrons. The van der Waals surface area contributed by atoms with Crippen LogP contribution in [0.1, 0.15) is 52.5 Å². The van der Waals surface area contributed by atoms with E-state index in [1.807, 2.05) is 18.2 Å². The number of fused-ring (bicyclic) bond motifs is 4. The Hall–Kier alpha value is -4.20. The van der Waals surface area contributed by atoms with Crippen molar-refractivity contribution in [3.8, 4) is 5.75 Å². The summed E-state index contributed by atoms with van der Waals surface area (Å²) >= 11 is 1.33. The Morgan fingerprint density at radius 3 is 2.61 bits per heavy atom. The van der Waals surface area contributed by atoms with Crippen molar-refractivity contribution in [1.29, 1.82) is 0 Å². The molecule has 3 aliphatic heterocycles. The summed E-state index contributed by atoms with van der Waals surface area (Å²) in [5.74, 6) is -6.02. The zero-order valence-electron chi connectivity index (χ0n) is 23.2. The first-order valence-electron chi connectivity index (χ1n) is 13.8. The van der Waals surface area contributed by atoms with Crippen LogP contribution in [-0.4, -0.2) is 54.2 Å². The van der Waals surface area contributed by atoms with Crippen molar-refractivity contribution in [2.24, 2.45) is 5.41 Å². The number of amides is 1. The first kappa shape index (κ1) is 28.6. The lowest BCUT2D eigenvalue weighted by Crippen LogP contribution is -2.65. The van der Waals surface area contributed by atoms with Gasteiger partial charge >= 0.3 is 6.16 Å². The highest BCUT2D eigenvalue weighted by Gasteiger charge is 2.73. The van der Waals surface area contributed by atoms with E-state index in [0.29, 0.717) is 5.56 Å². The number of ether oxygens (including phenoxy) is 3. The minimum atomic E-state index is -2.95. The highest BCUT2D eigenvalue weighted by Crippen LogP contribution is 2.65. The summed E-state index contributed by atoms with van der Waals surface area (Å²) in [7, 11) is 1.08. The van der Waals surface area contributed by atoms with Crippen LogP contribution in [0.3, 0.4) is 0 Å². The Bertz CT molecular complexity index is 1770. The molecule has 7 rings (SSSR count). The predicted molar refractivity (Wildman–Crippen MR) is 148 cm³/mol. The molecule has 0 N–H and O–H groups in total. The zero-order valence-corrected chi connectivity index (χ0v) is 24.0. The number of piperidine rings is 1. The van der Waals surface area contributed by atoms with E-state index in [1.165, 1.54) is 33.6 Å². The molecule has 1 unspecified atom stereocenters. The molecule has 1 spiro atoms. The molecule has 2 aromatic carbocycles. The monoisotopic (exact) mass is 631 g/mol. The Labute approximate surface area is 252 Å². The van der Waals surface area contributed by atoms with Crippen LogP contribution >= 0.6 is 11.8 Å². The van der Waals surface area contributed by atoms with Gasteiger partial charge in [0.2, 0.25) is 18.0 Å². The average molecular weight is 632 g/mol. The van der Waals surface area contributed by atoms with Gasteiger partial charge in [-0.1, -0.05) is 24.3 Å². The van der Waals surface area contributed by atoms with E-state index in [4.69, 9.17) is 9.47 Å². The van der Waals surface area contributed by atoms with E-state index in [2.05, 4.69) is 4.74 Å². The molecule has 3 atom stereocenters. The average Bonchev–Trinajstić information content (AvgIpc) is 3.60. The maximum atomic E-state index is 15.4. The number of hydrogen-bond donors (Lipinski definition) is 0. The summed E-state index contributed by atoms with van der Waals surface area (Å²) in [6.07, 6.45) is -0.595. The van der Waals surface area contributed by atoms with Gasteiger partial charge in [0, 0.05) is 41.4 Å². The molecule has 2 fully saturated rings. The van der Waals surface area contributed by atoms with Crippen LogP contribution in [0.4, 0.5) is 22.4 Å². The van der Waals surface area contributed by atoms with Crippen LogP contribution in [0.5, 0.6) is 5.75 Å². The Morgan fingerprint density at radius 1 is 1.09 bits per heavy atom. The van der Waals surface area contributed by atoms with Gasteiger partial charge in [-0.3, -0.25) is 19.3 Å². The molecule has 1 aromatic heterocycles. The first-order chi connectivity index (χ1) is 21.1. The highest BCUT2D eigenvalue weighted by atomic mass is 32.2. The zero-order chi connectivity index (χ0) is 31.0. The lowest BCUT2D eigenvalue weighted by Gasteiger charge is -2.53. The minimum absolute atomic E-state index is 0.124. The van der Waals surface area contributed by atoms with Crippen molar-refractivity contribution in [1.82, 2.24) is 9.58 Å². The number of aromatic nitrogens is 1. The van der Waals surface area contributed by atoms with Gasteiger partial charge in [0.05, 0.1) is 18.6 Å². The van der Waals surface area contributed by atoms with Gasteiger partial charge in [-0.05, 0) is 36.1 Å². The van der Waals surface area contributed by atoms with Crippen LogP contribution in [-0.2, 0) is 15.2 Å². The van der Waals surface area contributed by atoms with Crippen LogP contribution in [0.25, 0.3) is 0 Å². The lowest BCUT2D eigenvalue weighted by atomic mass is 9.88. The number of hydrogen-bond acceptors (Lipinski definition) is 8. The minimum Gasteiger partial charge on any atom is -0.451 e. The smallest absolute Gasteiger partial charge is 0.451 e. The topological polar surface area (TPSA) is 90.3 Å². The maximum Gasteiger partial charge on any atom is 0.510 e. The SMILES string of the molecule is COC(=O)OCOc1c2n(ccc1=O)N([C@@H]1c3ccccc3SCc3c1ccc(F)c3F)[C@@H]1CCC3(CN1C2=O)CC3(F)F. The summed E-state index contributed by atoms with van der Waals surface area (Å²) in [6, 6.07) is 10.2. The third kappa shape index (κ3) is 4.25. The largest absolute Gasteiger partial charge is 0.510 e. The summed E-state index contributed by atoms with van der Waals surface area (Å²) < 4.78 is 75.4. The molecule has 230 valence electrons. The Kier molecular flexibility index (Phi) is 6.61. The molecule has 1 amide bonds. The molecule has 1 aliphatic carbocycles. The summed E-state index contributed by atoms with van der Waals surface area (Å²) in [5.41, 5.74) is -1.12. The van der Waals surface area contributed by atoms with E-state index >= 15 is 4.39 Å². The van der Waals surface area contributed by atoms with Gasteiger partial charge in [0.25, 0.3) is 11.8 Å². The van der Waals surface area contributed by atoms with Gasteiger partial charge in [-0.25, -0.2) is 22.4 Å². The third-order valence-corrected chi connectivity index (χ3v) is 10.0. The molecule has 1 saturated carbocycles. The highest BCUT2D eigenvalue weighted by molar-refractivity contribution is 7.98. The van der Waals surface area contributed by atoms with Crippen molar-refractivity contribution in [2.45, 2.75) is 48.0 Å². The molecule has 44 heavy (non-hydrogen) atoms. The molecule has 4 heterocycles. The van der Waals surface area contributed by atoms with E-state index in [0.717, 1.165) is 29.7 Å². The number of carbonyl (C=O) groups is 2. The standard InChI is InChI=1S/C30H25F4N3O6S/c1-41-28(40)43-15-42-26-20(38)9-11-36-25(26)27(39)35-14-29(13-30(29,33)34)10-8-22(35)37(36)24-16-6-7-19(31)23(32)18(16)12-44-21-5-3-2-4-17(21)24/h2-7,9,11,22,24H,8,10,12-15H2,1H3/t22-,24+,29?/m1/s1. The molecule has 14 heteroatoms. The predicted octanol–water partition coefficient (Wildman–Crippen LogP) is 5.18. The summed E-state index contributed by atoms with van der Waals surface area (Å²) in [6.45, 7) is -1.05. The van der Waals surface area contributed by atoms with Gasteiger partial charge in [0.15, 0.2) is 17.3 Å². The number of benzene rings is 2. The van der Waals surface area contributed by atoms with Crippen molar-refractivity contribution >= 4 is 23.8 Å². The van der Waals surface area contributed by atoms with Crippen molar-refractivity contribution < 1.29 is 41.4 Å². The van der Waals surface area contributed by atoms with Gasteiger partial charge in [-0.15, -0.1) is 11.8 Å². The fourth-order valence-electron chi connectivity index (χ4n) is 6.64. The second-order valence-corrected chi connectivity index (χ2v) is 12.2. The normalized spacial score (nSPS) is 24.4. The quantitative estimate of drug-likeness (QED) is 0.221. The van der Waals surface area contributed by atoms with E-state index < -0.39 is 65.2 Å². The fraction of sp³-hybridized carbons (Fsp3) is 0.367. The second-order valence-electron chi connectivity index (χ2n) is 11.2. The van der Waals surface area contributed by atoms with E-state index in [-0.39, 0.29) is 42.8 Å². The number of thioether (sulfide) groups is 1. The number of rotatable bonds is 4. The number of halogens is 4. The molecule has 9 nitrogen and oxygen atoms in total. The number of pyridine rings is 1. The number of methoxy groups -OCH3 is 1. The maximum absolute atomic E-state index is 15.4. The molecule has 3 aromatic rings. The Balaban J connectivity index is 1.44. The molecule has 1 saturated heterocycles. The van der Waals surface area contributed by atoms with Crippen molar-refractivity contribution in [2.75, 3.05) is 25.5 Å². The van der Waals surface area contributed by atoms with Crippen LogP contribution in [0.15, 0.2) is 58.4 Å². The van der Waals surface area contributed by atoms with Gasteiger partial charge in [0.1, 0.15) is 6.17 Å².